The molecular formula is C15H15FN2O3. The number of aromatic nitrogens is 1. The molecule has 1 saturated heterocycles. The minimum absolute atomic E-state index is 0.325. The van der Waals surface area contributed by atoms with Crippen LogP contribution in [0.4, 0.5) is 4.39 Å². The zero-order valence-corrected chi connectivity index (χ0v) is 11.3. The van der Waals surface area contributed by atoms with E-state index in [2.05, 4.69) is 4.98 Å². The van der Waals surface area contributed by atoms with E-state index in [0.717, 1.165) is 6.42 Å². The van der Waals surface area contributed by atoms with Crippen LogP contribution in [0.1, 0.15) is 18.7 Å². The first-order valence-corrected chi connectivity index (χ1v) is 6.81. The standard InChI is InChI=1S/C15H15FN2O3/c16-11-5-2-1-4-10(11)13-8-17-14(21-13)9-18-7-3-6-12(18)15(19)20/h1-2,4-5,8,12H,3,6-7,9H2,(H,19,20)/t12-/m0/s1. The predicted molar refractivity (Wildman–Crippen MR) is 73.0 cm³/mol. The molecule has 6 heteroatoms. The summed E-state index contributed by atoms with van der Waals surface area (Å²) in [5, 5.41) is 9.14. The van der Waals surface area contributed by atoms with Crippen molar-refractivity contribution in [1.29, 1.82) is 0 Å². The molecule has 1 atom stereocenters. The van der Waals surface area contributed by atoms with E-state index in [1.165, 1.54) is 12.3 Å². The zero-order chi connectivity index (χ0) is 14.8. The number of hydrogen-bond acceptors (Lipinski definition) is 4. The third kappa shape index (κ3) is 2.80. The summed E-state index contributed by atoms with van der Waals surface area (Å²) in [5.41, 5.74) is 0.354. The summed E-state index contributed by atoms with van der Waals surface area (Å²) in [4.78, 5) is 17.1. The molecule has 0 amide bonds. The molecule has 5 nitrogen and oxygen atoms in total. The first-order chi connectivity index (χ1) is 10.1. The fourth-order valence-corrected chi connectivity index (χ4v) is 2.64. The molecule has 0 radical (unpaired) electrons. The number of nitrogens with zero attached hydrogens (tertiary/aromatic N) is 2. The van der Waals surface area contributed by atoms with Crippen molar-refractivity contribution in [2.75, 3.05) is 6.54 Å². The summed E-state index contributed by atoms with van der Waals surface area (Å²) in [6.45, 7) is 1.03. The van der Waals surface area contributed by atoms with Gasteiger partial charge in [0, 0.05) is 0 Å². The molecule has 1 N–H and O–H groups in total. The molecule has 2 aromatic rings. The maximum atomic E-state index is 13.7. The summed E-state index contributed by atoms with van der Waals surface area (Å²) in [5.74, 6) is -0.436. The number of carbonyl (C=O) groups is 1. The summed E-state index contributed by atoms with van der Waals surface area (Å²) in [6.07, 6.45) is 2.95. The van der Waals surface area contributed by atoms with Gasteiger partial charge in [0.1, 0.15) is 11.9 Å². The topological polar surface area (TPSA) is 66.6 Å². The van der Waals surface area contributed by atoms with Crippen molar-refractivity contribution >= 4 is 5.97 Å². The van der Waals surface area contributed by atoms with Crippen LogP contribution in [0.5, 0.6) is 0 Å². The lowest BCUT2D eigenvalue weighted by atomic mass is 10.2. The monoisotopic (exact) mass is 290 g/mol. The van der Waals surface area contributed by atoms with Crippen LogP contribution in [0, 0.1) is 5.82 Å². The first-order valence-electron chi connectivity index (χ1n) is 6.81. The van der Waals surface area contributed by atoms with Crippen LogP contribution in [0.3, 0.4) is 0 Å². The molecule has 0 bridgehead atoms. The Kier molecular flexibility index (Phi) is 3.70. The lowest BCUT2D eigenvalue weighted by molar-refractivity contribution is -0.142. The van der Waals surface area contributed by atoms with Crippen LogP contribution < -0.4 is 0 Å². The number of rotatable bonds is 4. The smallest absolute Gasteiger partial charge is 0.320 e. The number of likely N-dealkylation sites (tertiary alicyclic amines) is 1. The Labute approximate surface area is 121 Å². The van der Waals surface area contributed by atoms with Gasteiger partial charge >= 0.3 is 5.97 Å². The zero-order valence-electron chi connectivity index (χ0n) is 11.3. The molecule has 0 spiro atoms. The van der Waals surface area contributed by atoms with E-state index in [-0.39, 0.29) is 5.82 Å². The van der Waals surface area contributed by atoms with E-state index in [1.807, 2.05) is 4.90 Å². The highest BCUT2D eigenvalue weighted by Crippen LogP contribution is 2.25. The van der Waals surface area contributed by atoms with Gasteiger partial charge in [-0.3, -0.25) is 9.69 Å². The minimum atomic E-state index is -0.826. The highest BCUT2D eigenvalue weighted by atomic mass is 19.1. The van der Waals surface area contributed by atoms with Crippen LogP contribution in [0.2, 0.25) is 0 Å². The van der Waals surface area contributed by atoms with Crippen LogP contribution in [0.15, 0.2) is 34.9 Å². The molecule has 0 saturated carbocycles. The molecule has 110 valence electrons. The van der Waals surface area contributed by atoms with Crippen LogP contribution in [0.25, 0.3) is 11.3 Å². The Morgan fingerprint density at radius 3 is 3.05 bits per heavy atom. The van der Waals surface area contributed by atoms with Gasteiger partial charge in [-0.2, -0.15) is 0 Å². The molecule has 1 aromatic carbocycles. The molecule has 21 heavy (non-hydrogen) atoms. The molecule has 1 aromatic heterocycles. The van der Waals surface area contributed by atoms with Crippen molar-refractivity contribution in [3.63, 3.8) is 0 Å². The van der Waals surface area contributed by atoms with Crippen LogP contribution >= 0.6 is 0 Å². The average molecular weight is 290 g/mol. The van der Waals surface area contributed by atoms with Crippen molar-refractivity contribution in [2.45, 2.75) is 25.4 Å². The fourth-order valence-electron chi connectivity index (χ4n) is 2.64. The first kappa shape index (κ1) is 13.8. The van der Waals surface area contributed by atoms with Gasteiger partial charge in [-0.25, -0.2) is 9.37 Å². The van der Waals surface area contributed by atoms with Gasteiger partial charge in [-0.05, 0) is 31.5 Å². The van der Waals surface area contributed by atoms with Crippen molar-refractivity contribution in [2.24, 2.45) is 0 Å². The number of carboxylic acid groups (broad SMARTS) is 1. The lowest BCUT2D eigenvalue weighted by Gasteiger charge is -2.18. The van der Waals surface area contributed by atoms with Crippen molar-refractivity contribution in [3.8, 4) is 11.3 Å². The maximum absolute atomic E-state index is 13.7. The third-order valence-corrected chi connectivity index (χ3v) is 3.68. The van der Waals surface area contributed by atoms with E-state index in [0.29, 0.717) is 36.7 Å². The van der Waals surface area contributed by atoms with Gasteiger partial charge in [0.2, 0.25) is 5.89 Å². The van der Waals surface area contributed by atoms with E-state index in [4.69, 9.17) is 9.52 Å². The highest BCUT2D eigenvalue weighted by Gasteiger charge is 2.31. The van der Waals surface area contributed by atoms with Crippen molar-refractivity contribution < 1.29 is 18.7 Å². The molecule has 2 heterocycles. The van der Waals surface area contributed by atoms with Gasteiger partial charge < -0.3 is 9.52 Å². The predicted octanol–water partition coefficient (Wildman–Crippen LogP) is 2.53. The largest absolute Gasteiger partial charge is 0.480 e. The second kappa shape index (κ2) is 5.65. The van der Waals surface area contributed by atoms with E-state index < -0.39 is 12.0 Å². The average Bonchev–Trinajstić information content (AvgIpc) is 3.09. The van der Waals surface area contributed by atoms with Gasteiger partial charge in [0.25, 0.3) is 0 Å². The minimum Gasteiger partial charge on any atom is -0.480 e. The third-order valence-electron chi connectivity index (χ3n) is 3.68. The van der Waals surface area contributed by atoms with Gasteiger partial charge in [0.05, 0.1) is 18.3 Å². The number of oxazole rings is 1. The molecule has 1 fully saturated rings. The van der Waals surface area contributed by atoms with Crippen molar-refractivity contribution in [3.05, 3.63) is 42.2 Å². The van der Waals surface area contributed by atoms with Crippen molar-refractivity contribution in [1.82, 2.24) is 9.88 Å². The Morgan fingerprint density at radius 1 is 1.48 bits per heavy atom. The van der Waals surface area contributed by atoms with E-state index in [1.54, 1.807) is 18.2 Å². The Hall–Kier alpha value is -2.21. The van der Waals surface area contributed by atoms with E-state index >= 15 is 0 Å². The number of benzene rings is 1. The SMILES string of the molecule is O=C(O)[C@@H]1CCCN1Cc1ncc(-c2ccccc2F)o1. The van der Waals surface area contributed by atoms with Gasteiger partial charge in [-0.15, -0.1) is 0 Å². The number of carboxylic acids is 1. The summed E-state index contributed by atoms with van der Waals surface area (Å²) >= 11 is 0. The van der Waals surface area contributed by atoms with E-state index in [9.17, 15) is 9.18 Å². The lowest BCUT2D eigenvalue weighted by Crippen LogP contribution is -2.35. The highest BCUT2D eigenvalue weighted by molar-refractivity contribution is 5.73. The molecule has 1 aliphatic heterocycles. The Balaban J connectivity index is 1.77. The second-order valence-electron chi connectivity index (χ2n) is 5.06. The van der Waals surface area contributed by atoms with Crippen LogP contribution in [-0.2, 0) is 11.3 Å². The molecular weight excluding hydrogens is 275 g/mol. The maximum Gasteiger partial charge on any atom is 0.320 e. The molecule has 0 unspecified atom stereocenters. The molecule has 3 rings (SSSR count). The van der Waals surface area contributed by atoms with Gasteiger partial charge in [0.15, 0.2) is 5.76 Å². The Bertz CT molecular complexity index is 656. The van der Waals surface area contributed by atoms with Crippen LogP contribution in [-0.4, -0.2) is 33.5 Å². The summed E-state index contributed by atoms with van der Waals surface area (Å²) < 4.78 is 19.2. The van der Waals surface area contributed by atoms with Gasteiger partial charge in [-0.1, -0.05) is 12.1 Å². The normalized spacial score (nSPS) is 19.0. The quantitative estimate of drug-likeness (QED) is 0.937. The molecule has 1 aliphatic rings. The molecule has 0 aliphatic carbocycles. The summed E-state index contributed by atoms with van der Waals surface area (Å²) in [6, 6.07) is 5.82. The second-order valence-corrected chi connectivity index (χ2v) is 5.06. The fraction of sp³-hybridized carbons (Fsp3) is 0.333. The number of aliphatic carboxylic acids is 1. The number of halogens is 1. The number of hydrogen-bond donors (Lipinski definition) is 1. The summed E-state index contributed by atoms with van der Waals surface area (Å²) in [7, 11) is 0. The Morgan fingerprint density at radius 2 is 2.29 bits per heavy atom.